The van der Waals surface area contributed by atoms with E-state index in [9.17, 15) is 18.0 Å². The molecule has 1 aliphatic rings. The highest BCUT2D eigenvalue weighted by Gasteiger charge is 2.52. The minimum absolute atomic E-state index is 0.0748. The number of rotatable bonds is 8. The fraction of sp³-hybridized carbons (Fsp3) is 0.391. The van der Waals surface area contributed by atoms with Crippen molar-refractivity contribution in [3.8, 4) is 0 Å². The van der Waals surface area contributed by atoms with E-state index in [-0.39, 0.29) is 25.2 Å². The van der Waals surface area contributed by atoms with Gasteiger partial charge in [0.05, 0.1) is 12.7 Å². The molecule has 0 N–H and O–H groups in total. The van der Waals surface area contributed by atoms with Crippen LogP contribution in [0, 0.1) is 0 Å². The summed E-state index contributed by atoms with van der Waals surface area (Å²) in [6.07, 6.45) is -5.51. The smallest absolute Gasteiger partial charge is 0.382 e. The molecular formula is C23H25F3N2O4. The number of carbonyl (C=O) groups excluding carboxylic acids is 1. The van der Waals surface area contributed by atoms with Crippen LogP contribution >= 0.6 is 0 Å². The number of ether oxygens (including phenoxy) is 2. The lowest BCUT2D eigenvalue weighted by Crippen LogP contribution is -2.43. The normalized spacial score (nSPS) is 21.9. The lowest BCUT2D eigenvalue weighted by atomic mass is 9.82. The van der Waals surface area contributed by atoms with Gasteiger partial charge in [-0.1, -0.05) is 60.7 Å². The summed E-state index contributed by atoms with van der Waals surface area (Å²) in [5, 5.41) is 0.928. The van der Waals surface area contributed by atoms with Gasteiger partial charge >= 0.3 is 12.1 Å². The SMILES string of the molecule is COCC(C)OCC1=NC(C)(c2ccccc2)C(c2ccccc2)N1OC(=O)C(F)(F)F. The first-order valence-corrected chi connectivity index (χ1v) is 10.0. The van der Waals surface area contributed by atoms with Crippen molar-refractivity contribution >= 4 is 11.8 Å². The molecule has 6 nitrogen and oxygen atoms in total. The van der Waals surface area contributed by atoms with Gasteiger partial charge in [-0.2, -0.15) is 18.2 Å². The second-order valence-corrected chi connectivity index (χ2v) is 7.63. The molecule has 0 fully saturated rings. The van der Waals surface area contributed by atoms with Crippen LogP contribution in [0.3, 0.4) is 0 Å². The third kappa shape index (κ3) is 5.11. The van der Waals surface area contributed by atoms with E-state index >= 15 is 0 Å². The number of alkyl halides is 3. The van der Waals surface area contributed by atoms with E-state index < -0.39 is 23.7 Å². The van der Waals surface area contributed by atoms with Crippen molar-refractivity contribution in [2.45, 2.75) is 37.7 Å². The van der Waals surface area contributed by atoms with E-state index in [0.717, 1.165) is 10.6 Å². The third-order valence-electron chi connectivity index (χ3n) is 5.17. The number of methoxy groups -OCH3 is 1. The second kappa shape index (κ2) is 9.70. The summed E-state index contributed by atoms with van der Waals surface area (Å²) in [7, 11) is 1.52. The quantitative estimate of drug-likeness (QED) is 0.596. The van der Waals surface area contributed by atoms with Gasteiger partial charge in [-0.25, -0.2) is 4.79 Å². The van der Waals surface area contributed by atoms with Crippen molar-refractivity contribution in [1.82, 2.24) is 5.06 Å². The lowest BCUT2D eigenvalue weighted by Gasteiger charge is -2.34. The van der Waals surface area contributed by atoms with Crippen molar-refractivity contribution < 1.29 is 32.3 Å². The predicted octanol–water partition coefficient (Wildman–Crippen LogP) is 4.43. The van der Waals surface area contributed by atoms with Crippen LogP contribution in [0.1, 0.15) is 31.0 Å². The molecule has 1 heterocycles. The molecule has 9 heteroatoms. The first kappa shape index (κ1) is 23.7. The number of aliphatic imine (C=N–C) groups is 1. The van der Waals surface area contributed by atoms with E-state index in [2.05, 4.69) is 0 Å². The maximum absolute atomic E-state index is 13.1. The number of nitrogens with zero attached hydrogens (tertiary/aromatic N) is 2. The summed E-state index contributed by atoms with van der Waals surface area (Å²) in [6.45, 7) is 3.67. The molecule has 0 bridgehead atoms. The van der Waals surface area contributed by atoms with Crippen molar-refractivity contribution in [2.24, 2.45) is 4.99 Å². The van der Waals surface area contributed by atoms with Gasteiger partial charge in [0.25, 0.3) is 0 Å². The Labute approximate surface area is 184 Å². The van der Waals surface area contributed by atoms with E-state index in [4.69, 9.17) is 19.3 Å². The largest absolute Gasteiger partial charge is 0.493 e. The van der Waals surface area contributed by atoms with Crippen LogP contribution in [0.5, 0.6) is 0 Å². The Kier molecular flexibility index (Phi) is 7.20. The molecule has 1 aliphatic heterocycles. The molecule has 172 valence electrons. The van der Waals surface area contributed by atoms with Crippen molar-refractivity contribution in [1.29, 1.82) is 0 Å². The zero-order chi connectivity index (χ0) is 23.4. The highest BCUT2D eigenvalue weighted by atomic mass is 19.4. The maximum atomic E-state index is 13.1. The van der Waals surface area contributed by atoms with Gasteiger partial charge in [-0.3, -0.25) is 4.99 Å². The van der Waals surface area contributed by atoms with Crippen molar-refractivity contribution in [3.05, 3.63) is 71.8 Å². The van der Waals surface area contributed by atoms with Gasteiger partial charge in [0.2, 0.25) is 0 Å². The van der Waals surface area contributed by atoms with Crippen LogP contribution in [0.25, 0.3) is 0 Å². The van der Waals surface area contributed by atoms with E-state index in [0.29, 0.717) is 5.56 Å². The van der Waals surface area contributed by atoms with Gasteiger partial charge < -0.3 is 14.3 Å². The highest BCUT2D eigenvalue weighted by molar-refractivity contribution is 5.88. The lowest BCUT2D eigenvalue weighted by molar-refractivity contribution is -0.232. The van der Waals surface area contributed by atoms with Gasteiger partial charge in [0.1, 0.15) is 18.2 Å². The summed E-state index contributed by atoms with van der Waals surface area (Å²) in [5.41, 5.74) is 0.344. The number of hydrogen-bond donors (Lipinski definition) is 0. The topological polar surface area (TPSA) is 60.4 Å². The van der Waals surface area contributed by atoms with E-state index in [1.807, 2.05) is 30.3 Å². The van der Waals surface area contributed by atoms with Crippen LogP contribution in [0.2, 0.25) is 0 Å². The zero-order valence-corrected chi connectivity index (χ0v) is 18.0. The van der Waals surface area contributed by atoms with Crippen molar-refractivity contribution in [2.75, 3.05) is 20.3 Å². The Morgan fingerprint density at radius 1 is 1.12 bits per heavy atom. The van der Waals surface area contributed by atoms with Crippen LogP contribution < -0.4 is 0 Å². The molecule has 0 spiro atoms. The number of carbonyl (C=O) groups is 1. The average molecular weight is 450 g/mol. The number of amidine groups is 1. The molecule has 0 saturated carbocycles. The summed E-state index contributed by atoms with van der Waals surface area (Å²) < 4.78 is 50.1. The summed E-state index contributed by atoms with van der Waals surface area (Å²) in [5.74, 6) is -2.25. The summed E-state index contributed by atoms with van der Waals surface area (Å²) in [6, 6.07) is 17.1. The van der Waals surface area contributed by atoms with Crippen LogP contribution in [0.15, 0.2) is 65.7 Å². The fourth-order valence-electron chi connectivity index (χ4n) is 3.69. The molecule has 0 radical (unpaired) electrons. The second-order valence-electron chi connectivity index (χ2n) is 7.63. The Balaban J connectivity index is 2.07. The molecule has 0 aromatic heterocycles. The van der Waals surface area contributed by atoms with Crippen LogP contribution in [-0.4, -0.2) is 49.5 Å². The zero-order valence-electron chi connectivity index (χ0n) is 18.0. The van der Waals surface area contributed by atoms with Crippen LogP contribution in [0.4, 0.5) is 13.2 Å². The van der Waals surface area contributed by atoms with E-state index in [1.165, 1.54) is 7.11 Å². The minimum Gasteiger partial charge on any atom is -0.382 e. The van der Waals surface area contributed by atoms with Gasteiger partial charge in [-0.15, -0.1) is 0 Å². The summed E-state index contributed by atoms with van der Waals surface area (Å²) in [4.78, 5) is 21.4. The number of benzene rings is 2. The van der Waals surface area contributed by atoms with Gasteiger partial charge in [0.15, 0.2) is 5.84 Å². The molecule has 0 aliphatic carbocycles. The molecule has 0 saturated heterocycles. The molecule has 2 aromatic rings. The Morgan fingerprint density at radius 2 is 1.72 bits per heavy atom. The van der Waals surface area contributed by atoms with E-state index in [1.54, 1.807) is 44.2 Å². The fourth-order valence-corrected chi connectivity index (χ4v) is 3.69. The highest BCUT2D eigenvalue weighted by Crippen LogP contribution is 2.47. The monoisotopic (exact) mass is 450 g/mol. The Morgan fingerprint density at radius 3 is 2.28 bits per heavy atom. The van der Waals surface area contributed by atoms with Gasteiger partial charge in [0, 0.05) is 7.11 Å². The average Bonchev–Trinajstić information content (AvgIpc) is 3.05. The third-order valence-corrected chi connectivity index (χ3v) is 5.17. The van der Waals surface area contributed by atoms with Crippen molar-refractivity contribution in [3.63, 3.8) is 0 Å². The molecule has 2 aromatic carbocycles. The number of hydroxylamine groups is 2. The number of hydrogen-bond acceptors (Lipinski definition) is 6. The maximum Gasteiger partial charge on any atom is 0.493 e. The molecule has 32 heavy (non-hydrogen) atoms. The molecule has 3 unspecified atom stereocenters. The molecule has 3 rings (SSSR count). The molecule has 0 amide bonds. The predicted molar refractivity (Wildman–Crippen MR) is 112 cm³/mol. The standard InChI is InChI=1S/C23H25F3N2O4/c1-16(14-30-3)31-15-19-27-22(2,18-12-8-5-9-13-18)20(17-10-6-4-7-11-17)28(19)32-21(29)23(24,25)26/h4-13,16,20H,14-15H2,1-3H3. The summed E-state index contributed by atoms with van der Waals surface area (Å²) >= 11 is 0. The first-order chi connectivity index (χ1) is 15.2. The molecule has 3 atom stereocenters. The first-order valence-electron chi connectivity index (χ1n) is 10.0. The molecular weight excluding hydrogens is 425 g/mol. The Bertz CT molecular complexity index is 937. The minimum atomic E-state index is -5.16. The number of halogens is 3. The van der Waals surface area contributed by atoms with Crippen LogP contribution in [-0.2, 0) is 24.6 Å². The van der Waals surface area contributed by atoms with Gasteiger partial charge in [-0.05, 0) is 25.0 Å². The Hall–Kier alpha value is -2.91.